The summed E-state index contributed by atoms with van der Waals surface area (Å²) in [5.41, 5.74) is 1.28. The maximum atomic E-state index is 14.1. The van der Waals surface area contributed by atoms with Crippen molar-refractivity contribution in [1.82, 2.24) is 10.2 Å². The molecule has 2 atom stereocenters. The maximum Gasteiger partial charge on any atom is 0.410 e. The average molecular weight is 563 g/mol. The Bertz CT molecular complexity index is 1370. The number of carbonyl (C=O) groups excluding carboxylic acids is 1. The number of fused-ring (bicyclic) bond motifs is 3. The first-order valence-corrected chi connectivity index (χ1v) is 13.6. The third kappa shape index (κ3) is 6.89. The number of alkyl halides is 3. The van der Waals surface area contributed by atoms with Crippen LogP contribution < -0.4 is 5.32 Å². The molecule has 40 heavy (non-hydrogen) atoms. The summed E-state index contributed by atoms with van der Waals surface area (Å²) < 4.78 is 53.6. The largest absolute Gasteiger partial charge is 0.480 e. The Labute approximate surface area is 231 Å². The summed E-state index contributed by atoms with van der Waals surface area (Å²) in [6.07, 6.45) is -3.42. The molecule has 2 heterocycles. The van der Waals surface area contributed by atoms with Crippen LogP contribution >= 0.6 is 0 Å². The van der Waals surface area contributed by atoms with Crippen molar-refractivity contribution in [2.75, 3.05) is 13.1 Å². The molecule has 0 radical (unpaired) electrons. The summed E-state index contributed by atoms with van der Waals surface area (Å²) >= 11 is 0. The standard InChI is InChI=1S/C30H37F3N2O5/c1-17(2)14-23(27(36)37)34-26(30(31,32)33)20-6-8-21-22-15-19(7-9-24(22)39-25(21)16-20)18-10-12-35(13-11-18)28(38)40-29(3,4)5/h6-9,15-18,23,26,34H,10-14H2,1-5H3,(H,36,37). The highest BCUT2D eigenvalue weighted by atomic mass is 19.4. The summed E-state index contributed by atoms with van der Waals surface area (Å²) in [5, 5.41) is 13.3. The van der Waals surface area contributed by atoms with Gasteiger partial charge < -0.3 is 19.2 Å². The SMILES string of the molecule is CC(C)CC(NC(c1ccc2c(c1)oc1ccc(C3CCN(C(=O)OC(C)(C)C)CC3)cc12)C(F)(F)F)C(=O)O. The molecule has 4 rings (SSSR count). The predicted molar refractivity (Wildman–Crippen MR) is 146 cm³/mol. The Kier molecular flexibility index (Phi) is 8.40. The number of carboxylic acids is 1. The van der Waals surface area contributed by atoms with Crippen LogP contribution in [0.15, 0.2) is 40.8 Å². The van der Waals surface area contributed by atoms with Crippen LogP contribution in [0.5, 0.6) is 0 Å². The van der Waals surface area contributed by atoms with E-state index in [1.54, 1.807) is 24.8 Å². The third-order valence-corrected chi connectivity index (χ3v) is 7.17. The Morgan fingerprint density at radius 2 is 1.73 bits per heavy atom. The van der Waals surface area contributed by atoms with Gasteiger partial charge in [-0.2, -0.15) is 13.2 Å². The van der Waals surface area contributed by atoms with Crippen molar-refractivity contribution in [1.29, 1.82) is 0 Å². The van der Waals surface area contributed by atoms with E-state index in [-0.39, 0.29) is 29.9 Å². The molecule has 0 aliphatic carbocycles. The number of aliphatic carboxylic acids is 1. The Morgan fingerprint density at radius 1 is 1.05 bits per heavy atom. The second-order valence-corrected chi connectivity index (χ2v) is 12.0. The number of furan rings is 1. The number of amides is 1. The molecule has 0 spiro atoms. The second kappa shape index (κ2) is 11.3. The number of hydrogen-bond acceptors (Lipinski definition) is 5. The van der Waals surface area contributed by atoms with Crippen LogP contribution in [0.4, 0.5) is 18.0 Å². The topological polar surface area (TPSA) is 92.0 Å². The van der Waals surface area contributed by atoms with Crippen molar-refractivity contribution in [3.05, 3.63) is 47.5 Å². The molecule has 2 N–H and O–H groups in total. The minimum absolute atomic E-state index is 0.0638. The molecule has 0 saturated carbocycles. The van der Waals surface area contributed by atoms with Gasteiger partial charge in [0.25, 0.3) is 0 Å². The Morgan fingerprint density at radius 3 is 2.30 bits per heavy atom. The molecule has 0 bridgehead atoms. The Hall–Kier alpha value is -3.27. The van der Waals surface area contributed by atoms with Crippen molar-refractivity contribution < 1.29 is 37.0 Å². The molecule has 7 nitrogen and oxygen atoms in total. The maximum absolute atomic E-state index is 14.1. The highest BCUT2D eigenvalue weighted by Gasteiger charge is 2.43. The van der Waals surface area contributed by atoms with Gasteiger partial charge in [0, 0.05) is 23.9 Å². The number of carbonyl (C=O) groups is 2. The molecular formula is C30H37F3N2O5. The highest BCUT2D eigenvalue weighted by Crippen LogP contribution is 2.38. The van der Waals surface area contributed by atoms with Crippen LogP contribution in [0.1, 0.15) is 77.0 Å². The van der Waals surface area contributed by atoms with Gasteiger partial charge in [0.05, 0.1) is 0 Å². The lowest BCUT2D eigenvalue weighted by molar-refractivity contribution is -0.163. The molecular weight excluding hydrogens is 525 g/mol. The van der Waals surface area contributed by atoms with Crippen molar-refractivity contribution >= 4 is 34.0 Å². The van der Waals surface area contributed by atoms with Gasteiger partial charge in [-0.15, -0.1) is 0 Å². The van der Waals surface area contributed by atoms with E-state index in [0.29, 0.717) is 29.6 Å². The van der Waals surface area contributed by atoms with Crippen LogP contribution in [-0.2, 0) is 9.53 Å². The number of piperidine rings is 1. The number of likely N-dealkylation sites (tertiary alicyclic amines) is 1. The molecule has 218 valence electrons. The van der Waals surface area contributed by atoms with E-state index in [4.69, 9.17) is 9.15 Å². The minimum atomic E-state index is -4.70. The smallest absolute Gasteiger partial charge is 0.410 e. The zero-order valence-electron chi connectivity index (χ0n) is 23.5. The normalized spacial score (nSPS) is 17.0. The summed E-state index contributed by atoms with van der Waals surface area (Å²) in [7, 11) is 0. The zero-order valence-corrected chi connectivity index (χ0v) is 23.5. The predicted octanol–water partition coefficient (Wildman–Crippen LogP) is 7.39. The van der Waals surface area contributed by atoms with Gasteiger partial charge >= 0.3 is 18.2 Å². The lowest BCUT2D eigenvalue weighted by atomic mass is 9.88. The molecule has 10 heteroatoms. The van der Waals surface area contributed by atoms with E-state index in [0.717, 1.165) is 23.8 Å². The van der Waals surface area contributed by atoms with Crippen LogP contribution in [0.3, 0.4) is 0 Å². The van der Waals surface area contributed by atoms with Crippen LogP contribution in [0, 0.1) is 5.92 Å². The van der Waals surface area contributed by atoms with Gasteiger partial charge in [-0.1, -0.05) is 32.0 Å². The number of rotatable bonds is 7. The quantitative estimate of drug-likeness (QED) is 0.312. The van der Waals surface area contributed by atoms with E-state index in [1.807, 2.05) is 39.0 Å². The van der Waals surface area contributed by atoms with E-state index in [1.165, 1.54) is 12.1 Å². The van der Waals surface area contributed by atoms with Crippen molar-refractivity contribution in [2.24, 2.45) is 5.92 Å². The molecule has 1 aromatic heterocycles. The summed E-state index contributed by atoms with van der Waals surface area (Å²) in [5.74, 6) is -1.20. The fraction of sp³-hybridized carbons (Fsp3) is 0.533. The number of nitrogens with zero attached hydrogens (tertiary/aromatic N) is 1. The van der Waals surface area contributed by atoms with E-state index < -0.39 is 29.8 Å². The number of ether oxygens (including phenoxy) is 1. The first-order chi connectivity index (χ1) is 18.6. The fourth-order valence-electron chi connectivity index (χ4n) is 5.26. The molecule has 1 aliphatic heterocycles. The average Bonchev–Trinajstić information content (AvgIpc) is 3.21. The lowest BCUT2D eigenvalue weighted by Gasteiger charge is -2.33. The molecule has 3 aromatic rings. The second-order valence-electron chi connectivity index (χ2n) is 12.0. The van der Waals surface area contributed by atoms with Crippen LogP contribution in [-0.4, -0.2) is 53.0 Å². The van der Waals surface area contributed by atoms with Crippen molar-refractivity contribution in [3.63, 3.8) is 0 Å². The molecule has 1 aliphatic rings. The molecule has 2 unspecified atom stereocenters. The molecule has 1 fully saturated rings. The number of hydrogen-bond donors (Lipinski definition) is 2. The number of halogens is 3. The highest BCUT2D eigenvalue weighted by molar-refractivity contribution is 6.05. The van der Waals surface area contributed by atoms with E-state index in [9.17, 15) is 27.9 Å². The first kappa shape index (κ1) is 29.7. The molecule has 2 aromatic carbocycles. The third-order valence-electron chi connectivity index (χ3n) is 7.17. The first-order valence-electron chi connectivity index (χ1n) is 13.6. The summed E-state index contributed by atoms with van der Waals surface area (Å²) in [4.78, 5) is 25.8. The lowest BCUT2D eigenvalue weighted by Crippen LogP contribution is -2.45. The monoisotopic (exact) mass is 562 g/mol. The number of nitrogens with one attached hydrogen (secondary N) is 1. The van der Waals surface area contributed by atoms with Crippen LogP contribution in [0.25, 0.3) is 21.9 Å². The minimum Gasteiger partial charge on any atom is -0.480 e. The summed E-state index contributed by atoms with van der Waals surface area (Å²) in [6, 6.07) is 6.62. The van der Waals surface area contributed by atoms with E-state index >= 15 is 0 Å². The Balaban J connectivity index is 1.57. The van der Waals surface area contributed by atoms with Crippen LogP contribution in [0.2, 0.25) is 0 Å². The van der Waals surface area contributed by atoms with Gasteiger partial charge in [-0.3, -0.25) is 10.1 Å². The van der Waals surface area contributed by atoms with Gasteiger partial charge in [0.1, 0.15) is 28.9 Å². The van der Waals surface area contributed by atoms with Gasteiger partial charge in [0.2, 0.25) is 0 Å². The van der Waals surface area contributed by atoms with Gasteiger partial charge in [-0.25, -0.2) is 4.79 Å². The van der Waals surface area contributed by atoms with Gasteiger partial charge in [-0.05, 0) is 81.2 Å². The van der Waals surface area contributed by atoms with Gasteiger partial charge in [0.15, 0.2) is 0 Å². The zero-order chi connectivity index (χ0) is 29.4. The van der Waals surface area contributed by atoms with E-state index in [2.05, 4.69) is 5.32 Å². The summed E-state index contributed by atoms with van der Waals surface area (Å²) in [6.45, 7) is 10.2. The molecule has 1 saturated heterocycles. The fourth-order valence-corrected chi connectivity index (χ4v) is 5.26. The van der Waals surface area contributed by atoms with Crippen molar-refractivity contribution in [2.45, 2.75) is 83.7 Å². The molecule has 1 amide bonds. The number of carboxylic acid groups (broad SMARTS) is 1. The van der Waals surface area contributed by atoms with Crippen molar-refractivity contribution in [3.8, 4) is 0 Å². The number of benzene rings is 2.